The van der Waals surface area contributed by atoms with Gasteiger partial charge in [-0.3, -0.25) is 4.79 Å². The molecule has 16 heavy (non-hydrogen) atoms. The van der Waals surface area contributed by atoms with Crippen molar-refractivity contribution < 1.29 is 14.7 Å². The Morgan fingerprint density at radius 1 is 1.75 bits per heavy atom. The molecule has 6 heteroatoms. The number of terminal acetylenes is 1. The molecule has 0 bridgehead atoms. The molecule has 0 saturated carbocycles. The molecule has 1 unspecified atom stereocenters. The zero-order valence-corrected chi connectivity index (χ0v) is 8.65. The second-order valence-corrected chi connectivity index (χ2v) is 3.21. The van der Waals surface area contributed by atoms with Gasteiger partial charge in [0.1, 0.15) is 0 Å². The van der Waals surface area contributed by atoms with Crippen LogP contribution in [0.1, 0.15) is 34.3 Å². The third-order valence-corrected chi connectivity index (χ3v) is 1.87. The number of aromatic carboxylic acids is 1. The van der Waals surface area contributed by atoms with Gasteiger partial charge in [0.15, 0.2) is 11.4 Å². The standard InChI is InChI=1S/C10H11N3O3/c1-3-4-6(2)13-9(14)7-8(10(15)16)12-5-11-7/h1,5-6H,4H2,2H3,(H,11,12)(H,13,14)(H,15,16). The number of aromatic nitrogens is 2. The van der Waals surface area contributed by atoms with Crippen LogP contribution in [-0.4, -0.2) is 33.0 Å². The number of amides is 1. The summed E-state index contributed by atoms with van der Waals surface area (Å²) in [6.45, 7) is 1.73. The summed E-state index contributed by atoms with van der Waals surface area (Å²) in [6, 6.07) is -0.226. The van der Waals surface area contributed by atoms with Crippen molar-refractivity contribution in [1.29, 1.82) is 0 Å². The lowest BCUT2D eigenvalue weighted by molar-refractivity contribution is 0.0684. The van der Waals surface area contributed by atoms with Gasteiger partial charge >= 0.3 is 5.97 Å². The van der Waals surface area contributed by atoms with Gasteiger partial charge < -0.3 is 15.4 Å². The second-order valence-electron chi connectivity index (χ2n) is 3.21. The van der Waals surface area contributed by atoms with Gasteiger partial charge in [-0.05, 0) is 6.92 Å². The summed E-state index contributed by atoms with van der Waals surface area (Å²) in [5.41, 5.74) is -0.373. The van der Waals surface area contributed by atoms with Crippen LogP contribution in [0.25, 0.3) is 0 Å². The predicted octanol–water partition coefficient (Wildman–Crippen LogP) is 0.250. The van der Waals surface area contributed by atoms with Gasteiger partial charge in [-0.15, -0.1) is 12.3 Å². The third-order valence-electron chi connectivity index (χ3n) is 1.87. The Hall–Kier alpha value is -2.29. The molecule has 0 aliphatic carbocycles. The van der Waals surface area contributed by atoms with Crippen LogP contribution in [0.3, 0.4) is 0 Å². The smallest absolute Gasteiger partial charge is 0.354 e. The first-order valence-electron chi connectivity index (χ1n) is 4.57. The van der Waals surface area contributed by atoms with Crippen molar-refractivity contribution in [2.24, 2.45) is 0 Å². The van der Waals surface area contributed by atoms with Gasteiger partial charge in [-0.1, -0.05) is 0 Å². The summed E-state index contributed by atoms with van der Waals surface area (Å²) in [6.07, 6.45) is 6.62. The number of hydrogen-bond acceptors (Lipinski definition) is 3. The molecular formula is C10H11N3O3. The van der Waals surface area contributed by atoms with Gasteiger partial charge in [0.05, 0.1) is 6.33 Å². The number of hydrogen-bond donors (Lipinski definition) is 3. The molecule has 6 nitrogen and oxygen atoms in total. The van der Waals surface area contributed by atoms with Crippen LogP contribution in [0, 0.1) is 12.3 Å². The van der Waals surface area contributed by atoms with Gasteiger partial charge in [-0.25, -0.2) is 9.78 Å². The molecule has 1 aromatic rings. The Labute approximate surface area is 92.1 Å². The normalized spacial score (nSPS) is 11.5. The average molecular weight is 221 g/mol. The SMILES string of the molecule is C#CCC(C)NC(=O)c1nc[nH]c1C(=O)O. The van der Waals surface area contributed by atoms with Crippen LogP contribution in [0.4, 0.5) is 0 Å². The van der Waals surface area contributed by atoms with Crippen molar-refractivity contribution in [3.8, 4) is 12.3 Å². The van der Waals surface area contributed by atoms with Crippen molar-refractivity contribution in [2.75, 3.05) is 0 Å². The Bertz CT molecular complexity index is 444. The number of carbonyl (C=O) groups excluding carboxylic acids is 1. The van der Waals surface area contributed by atoms with E-state index >= 15 is 0 Å². The summed E-state index contributed by atoms with van der Waals surface area (Å²) < 4.78 is 0. The molecule has 3 N–H and O–H groups in total. The molecule has 1 heterocycles. The first-order valence-corrected chi connectivity index (χ1v) is 4.57. The van der Waals surface area contributed by atoms with Crippen LogP contribution < -0.4 is 5.32 Å². The molecule has 0 aliphatic rings. The first-order chi connectivity index (χ1) is 7.56. The van der Waals surface area contributed by atoms with Crippen molar-refractivity contribution in [1.82, 2.24) is 15.3 Å². The summed E-state index contributed by atoms with van der Waals surface area (Å²) in [4.78, 5) is 28.3. The number of rotatable bonds is 4. The molecule has 0 aromatic carbocycles. The van der Waals surface area contributed by atoms with Gasteiger partial charge in [-0.2, -0.15) is 0 Å². The molecule has 0 fully saturated rings. The van der Waals surface area contributed by atoms with Crippen LogP contribution in [-0.2, 0) is 0 Å². The fourth-order valence-electron chi connectivity index (χ4n) is 1.15. The summed E-state index contributed by atoms with van der Waals surface area (Å²) in [7, 11) is 0. The number of carbonyl (C=O) groups is 2. The summed E-state index contributed by atoms with van der Waals surface area (Å²) >= 11 is 0. The highest BCUT2D eigenvalue weighted by atomic mass is 16.4. The molecule has 1 aromatic heterocycles. The lowest BCUT2D eigenvalue weighted by Gasteiger charge is -2.09. The van der Waals surface area contributed by atoms with Crippen LogP contribution in [0.5, 0.6) is 0 Å². The summed E-state index contributed by atoms with van der Waals surface area (Å²) in [5, 5.41) is 11.3. The molecule has 84 valence electrons. The van der Waals surface area contributed by atoms with E-state index < -0.39 is 11.9 Å². The topological polar surface area (TPSA) is 95.1 Å². The van der Waals surface area contributed by atoms with Crippen molar-refractivity contribution in [3.63, 3.8) is 0 Å². The van der Waals surface area contributed by atoms with E-state index in [0.29, 0.717) is 6.42 Å². The second kappa shape index (κ2) is 4.98. The van der Waals surface area contributed by atoms with E-state index in [-0.39, 0.29) is 17.4 Å². The Balaban J connectivity index is 2.78. The van der Waals surface area contributed by atoms with Crippen LogP contribution in [0.15, 0.2) is 6.33 Å². The molecular weight excluding hydrogens is 210 g/mol. The number of nitrogens with one attached hydrogen (secondary N) is 2. The highest BCUT2D eigenvalue weighted by molar-refractivity contribution is 6.02. The quantitative estimate of drug-likeness (QED) is 0.635. The number of carboxylic acid groups (broad SMARTS) is 1. The minimum atomic E-state index is -1.23. The van der Waals surface area contributed by atoms with E-state index in [2.05, 4.69) is 21.2 Å². The van der Waals surface area contributed by atoms with E-state index in [4.69, 9.17) is 11.5 Å². The Kier molecular flexibility index (Phi) is 3.67. The fourth-order valence-corrected chi connectivity index (χ4v) is 1.15. The van der Waals surface area contributed by atoms with Gasteiger partial charge in [0, 0.05) is 12.5 Å². The monoisotopic (exact) mass is 221 g/mol. The molecule has 0 spiro atoms. The Morgan fingerprint density at radius 3 is 3.00 bits per heavy atom. The number of H-pyrrole nitrogens is 1. The largest absolute Gasteiger partial charge is 0.477 e. The van der Waals surface area contributed by atoms with Crippen molar-refractivity contribution in [3.05, 3.63) is 17.7 Å². The van der Waals surface area contributed by atoms with E-state index in [1.807, 2.05) is 0 Å². The van der Waals surface area contributed by atoms with E-state index in [1.165, 1.54) is 0 Å². The van der Waals surface area contributed by atoms with E-state index in [0.717, 1.165) is 6.33 Å². The molecule has 1 atom stereocenters. The first kappa shape index (κ1) is 11.8. The minimum absolute atomic E-state index is 0.142. The maximum absolute atomic E-state index is 11.6. The molecule has 0 aliphatic heterocycles. The molecule has 1 amide bonds. The highest BCUT2D eigenvalue weighted by Gasteiger charge is 2.20. The zero-order chi connectivity index (χ0) is 12.1. The zero-order valence-electron chi connectivity index (χ0n) is 8.65. The number of imidazole rings is 1. The molecule has 0 radical (unpaired) electrons. The summed E-state index contributed by atoms with van der Waals surface area (Å²) in [5.74, 6) is 0.613. The van der Waals surface area contributed by atoms with Crippen molar-refractivity contribution in [2.45, 2.75) is 19.4 Å². The molecule has 0 saturated heterocycles. The number of nitrogens with zero attached hydrogens (tertiary/aromatic N) is 1. The minimum Gasteiger partial charge on any atom is -0.477 e. The van der Waals surface area contributed by atoms with Crippen LogP contribution in [0.2, 0.25) is 0 Å². The lowest BCUT2D eigenvalue weighted by Crippen LogP contribution is -2.33. The third kappa shape index (κ3) is 2.60. The number of carboxylic acids is 1. The van der Waals surface area contributed by atoms with Gasteiger partial charge in [0.2, 0.25) is 0 Å². The van der Waals surface area contributed by atoms with E-state index in [1.54, 1.807) is 6.92 Å². The van der Waals surface area contributed by atoms with Crippen LogP contribution >= 0.6 is 0 Å². The molecule has 1 rings (SSSR count). The predicted molar refractivity (Wildman–Crippen MR) is 55.9 cm³/mol. The average Bonchev–Trinajstić information content (AvgIpc) is 2.65. The fraction of sp³-hybridized carbons (Fsp3) is 0.300. The Morgan fingerprint density at radius 2 is 2.44 bits per heavy atom. The van der Waals surface area contributed by atoms with Crippen molar-refractivity contribution >= 4 is 11.9 Å². The maximum Gasteiger partial charge on any atom is 0.354 e. The van der Waals surface area contributed by atoms with Gasteiger partial charge in [0.25, 0.3) is 5.91 Å². The maximum atomic E-state index is 11.6. The number of aromatic amines is 1. The lowest BCUT2D eigenvalue weighted by atomic mass is 10.2. The highest BCUT2D eigenvalue weighted by Crippen LogP contribution is 2.03. The van der Waals surface area contributed by atoms with E-state index in [9.17, 15) is 9.59 Å².